The molecule has 3 aliphatic heterocycles. The van der Waals surface area contributed by atoms with E-state index in [4.69, 9.17) is 33.2 Å². The van der Waals surface area contributed by atoms with Crippen molar-refractivity contribution in [3.05, 3.63) is 167 Å². The molecule has 15 atom stereocenters. The lowest BCUT2D eigenvalue weighted by atomic mass is 9.90. The molecule has 9 aliphatic rings. The van der Waals surface area contributed by atoms with E-state index in [0.717, 1.165) is 28.3 Å². The normalized spacial score (nSPS) is 24.1. The van der Waals surface area contributed by atoms with Gasteiger partial charge in [-0.05, 0) is 238 Å². The Kier molecular flexibility index (Phi) is 32.8. The van der Waals surface area contributed by atoms with Gasteiger partial charge in [0.15, 0.2) is 23.1 Å². The van der Waals surface area contributed by atoms with Gasteiger partial charge in [0.1, 0.15) is 53.2 Å². The van der Waals surface area contributed by atoms with E-state index in [0.29, 0.717) is 71.9 Å². The molecule has 15 rings (SSSR count). The number of methoxy groups -OCH3 is 3. The van der Waals surface area contributed by atoms with Crippen molar-refractivity contribution in [2.75, 3.05) is 41.0 Å². The molecule has 6 heterocycles. The first kappa shape index (κ1) is 110. The lowest BCUT2D eigenvalue weighted by molar-refractivity contribution is -0.159. The molecular formula is C104H127N11O28S3. The molecule has 6 aromatic rings. The van der Waals surface area contributed by atoms with E-state index in [-0.39, 0.29) is 107 Å². The lowest BCUT2D eigenvalue weighted by Crippen LogP contribution is -2.60. The predicted octanol–water partition coefficient (Wildman–Crippen LogP) is 7.82. The van der Waals surface area contributed by atoms with Crippen LogP contribution in [-0.2, 0) is 97.1 Å². The van der Waals surface area contributed by atoms with Crippen molar-refractivity contribution in [2.45, 2.75) is 246 Å². The molecule has 0 bridgehead atoms. The Hall–Kier alpha value is -13.2. The number of ketones is 4. The van der Waals surface area contributed by atoms with Crippen molar-refractivity contribution in [3.8, 4) is 34.9 Å². The van der Waals surface area contributed by atoms with Crippen LogP contribution in [0, 0.1) is 39.9 Å². The average molecular weight is 2080 g/mol. The smallest absolute Gasteiger partial charge is 0.307 e. The number of hydrogen-bond donors (Lipinski definition) is 7. The molecule has 9 fully saturated rings. The Bertz CT molecular complexity index is 6370. The second-order valence-corrected chi connectivity index (χ2v) is 47.0. The summed E-state index contributed by atoms with van der Waals surface area (Å²) in [6.45, 7) is 33.5. The van der Waals surface area contributed by atoms with E-state index in [1.165, 1.54) is 67.5 Å². The van der Waals surface area contributed by atoms with E-state index in [1.54, 1.807) is 115 Å². The minimum atomic E-state index is -3.89. The molecule has 0 unspecified atom stereocenters. The van der Waals surface area contributed by atoms with Crippen LogP contribution in [0.4, 0.5) is 0 Å². The molecule has 8 amide bonds. The fourth-order valence-electron chi connectivity index (χ4n) is 19.0. The summed E-state index contributed by atoms with van der Waals surface area (Å²) in [7, 11) is -6.96. The highest BCUT2D eigenvalue weighted by Gasteiger charge is 2.65. The summed E-state index contributed by atoms with van der Waals surface area (Å²) in [4.78, 5) is 193. The first-order valence-electron chi connectivity index (χ1n) is 48.2. The number of fused-ring (bicyclic) bond motifs is 3. The number of allylic oxidation sites excluding steroid dienone is 4. The number of aromatic nitrogens is 3. The quantitative estimate of drug-likeness (QED) is 0.0109. The maximum absolute atomic E-state index is 14.4. The maximum Gasteiger partial charge on any atom is 0.307 e. The van der Waals surface area contributed by atoms with E-state index in [1.807, 2.05) is 18.2 Å². The highest BCUT2D eigenvalue weighted by molar-refractivity contribution is 7.91. The van der Waals surface area contributed by atoms with Crippen LogP contribution in [0.25, 0.3) is 32.3 Å². The number of nitrogens with one attached hydrogen (secondary N) is 5. The van der Waals surface area contributed by atoms with E-state index >= 15 is 0 Å². The number of nitrogens with zero attached hydrogens (tertiary/aromatic N) is 6. The number of benzene rings is 3. The van der Waals surface area contributed by atoms with Crippen molar-refractivity contribution in [2.24, 2.45) is 39.9 Å². The standard InChI is InChI=1S/C38H47N3O10S.2C33H40N4O9S/c1-8-25-19-38(25,36(46)40-52(47,48)28-10-11-28)20-32(43)30-18-27(50-34-29-12-9-26(49-7)15-23(29)13-14-39-34)21-41(30)35(45)24(16-31(42)22(2)3)17-33(44)51-37(4,5)6;2*1-6-20-16-33(20,31(41)36-47(43,44)23-9-10-23)17-26(38)25-15-22(18-37(25)30(40)28(32(3,4)42)35-27(39)7-2)46-29-24-11-8-21(45-5)14-19(24)12-13-34-29/h8-9,12-15,24-25,27-28,30H,1-2,10-11,16-21H2,3-7H3,(H,40,46);2*6-8,11-14,20,22-23,25,28,42H,1-2,9-10,15-18H2,3-5H3,(H,35,39)(H,36,41)/t24-,25-,27-,30+,38-;20-,22-,25+,28+,33-;20-,22-,25+,28-,33-/m111/s1. The molecule has 3 saturated heterocycles. The Balaban J connectivity index is 0.000000184. The van der Waals surface area contributed by atoms with Gasteiger partial charge in [-0.15, -0.1) is 19.7 Å². The number of sulfonamides is 3. The molecule has 0 radical (unpaired) electrons. The summed E-state index contributed by atoms with van der Waals surface area (Å²) in [5.41, 5.74) is -8.14. The lowest BCUT2D eigenvalue weighted by Gasteiger charge is -2.34. The summed E-state index contributed by atoms with van der Waals surface area (Å²) in [6.07, 6.45) is 10.6. The number of carbonyl (C=O) groups is 13. The number of rotatable bonds is 44. The number of hydrogen-bond acceptors (Lipinski definition) is 31. The van der Waals surface area contributed by atoms with Gasteiger partial charge in [0, 0.05) is 79.7 Å². The van der Waals surface area contributed by atoms with Crippen molar-refractivity contribution in [3.63, 3.8) is 0 Å². The number of esters is 1. The average Bonchev–Trinajstić information content (AvgIpc) is 1.58. The van der Waals surface area contributed by atoms with Gasteiger partial charge in [-0.1, -0.05) is 38.0 Å². The molecule has 6 aliphatic carbocycles. The third-order valence-corrected chi connectivity index (χ3v) is 33.5. The number of ether oxygens (including phenoxy) is 7. The Morgan fingerprint density at radius 1 is 0.452 bits per heavy atom. The zero-order chi connectivity index (χ0) is 107. The summed E-state index contributed by atoms with van der Waals surface area (Å²) in [6, 6.07) is 15.2. The fourth-order valence-corrected chi connectivity index (χ4v) is 23.2. The van der Waals surface area contributed by atoms with Crippen molar-refractivity contribution in [1.29, 1.82) is 0 Å². The van der Waals surface area contributed by atoms with Gasteiger partial charge in [0.05, 0.1) is 115 Å². The van der Waals surface area contributed by atoms with Gasteiger partial charge in [-0.3, -0.25) is 76.5 Å². The van der Waals surface area contributed by atoms with Crippen LogP contribution in [0.1, 0.15) is 165 Å². The molecule has 3 aromatic carbocycles. The molecule has 6 saturated carbocycles. The molecule has 7 N–H and O–H groups in total. The molecule has 0 spiro atoms. The van der Waals surface area contributed by atoms with Crippen molar-refractivity contribution < 1.29 is 131 Å². The van der Waals surface area contributed by atoms with E-state index in [9.17, 15) is 97.8 Å². The molecule has 39 nitrogen and oxygen atoms in total. The van der Waals surface area contributed by atoms with E-state index in [2.05, 4.69) is 79.2 Å². The minimum Gasteiger partial charge on any atom is -0.497 e. The Morgan fingerprint density at radius 3 is 0.993 bits per heavy atom. The summed E-state index contributed by atoms with van der Waals surface area (Å²) in [5.74, 6) is -8.20. The summed E-state index contributed by atoms with van der Waals surface area (Å²) < 4.78 is 123. The molecule has 784 valence electrons. The predicted molar refractivity (Wildman–Crippen MR) is 535 cm³/mol. The monoisotopic (exact) mass is 2070 g/mol. The first-order valence-corrected chi connectivity index (χ1v) is 52.8. The van der Waals surface area contributed by atoms with Crippen LogP contribution < -0.4 is 53.2 Å². The van der Waals surface area contributed by atoms with Crippen LogP contribution in [0.15, 0.2) is 167 Å². The minimum absolute atomic E-state index is 0.0171. The second kappa shape index (κ2) is 43.5. The zero-order valence-electron chi connectivity index (χ0n) is 83.5. The number of Topliss-reactive ketones (excluding diaryl/α,β-unsaturated/α-hetero) is 4. The Morgan fingerprint density at radius 2 is 0.747 bits per heavy atom. The number of likely N-dealkylation sites (tertiary alicyclic amines) is 3. The van der Waals surface area contributed by atoms with E-state index < -0.39 is 234 Å². The van der Waals surface area contributed by atoms with Crippen LogP contribution in [0.5, 0.6) is 34.9 Å². The van der Waals surface area contributed by atoms with Gasteiger partial charge in [0.25, 0.3) is 0 Å². The number of amides is 8. The van der Waals surface area contributed by atoms with Crippen LogP contribution >= 0.6 is 0 Å². The highest BCUT2D eigenvalue weighted by atomic mass is 32.2. The molecule has 42 heteroatoms. The number of aliphatic hydroxyl groups is 2. The highest BCUT2D eigenvalue weighted by Crippen LogP contribution is 2.60. The van der Waals surface area contributed by atoms with Crippen LogP contribution in [0.2, 0.25) is 0 Å². The number of carbonyl (C=O) groups excluding carboxylic acids is 13. The second-order valence-electron chi connectivity index (χ2n) is 41.1. The first-order chi connectivity index (χ1) is 68.6. The zero-order valence-corrected chi connectivity index (χ0v) is 86.0. The summed E-state index contributed by atoms with van der Waals surface area (Å²) in [5, 5.41) is 29.2. The van der Waals surface area contributed by atoms with Crippen LogP contribution in [-0.4, -0.2) is 264 Å². The topological polar surface area (TPSA) is 538 Å². The van der Waals surface area contributed by atoms with Gasteiger partial charge < -0.3 is 68.7 Å². The number of pyridine rings is 3. The molecule has 3 aromatic heterocycles. The van der Waals surface area contributed by atoms with Crippen molar-refractivity contribution in [1.82, 2.24) is 54.5 Å². The molecular weight excluding hydrogens is 1950 g/mol. The Labute approximate surface area is 847 Å². The largest absolute Gasteiger partial charge is 0.497 e. The van der Waals surface area contributed by atoms with Crippen molar-refractivity contribution >= 4 is 139 Å². The fraction of sp³-hybridized carbons (Fsp3) is 0.500. The SMILES string of the molecule is C=CC(=O)N[C@@H](C(=O)N1C[C@H](Oc2nccc3cc(OC)ccc23)C[C@H]1C(=O)C[C@]1(C(=O)NS(=O)(=O)C2CC2)C[C@H]1C=C)C(C)(C)O.C=CC(=O)N[C@H](C(=O)N1C[C@H](Oc2nccc3cc(OC)ccc23)C[C@H]1C(=O)C[C@]1(C(=O)NS(=O)(=O)C2CC2)C[C@H]1C=C)C(C)(C)O.C=C[C@@H]1C[C@]1(CC(=O)[C@@H]1C[C@@H](Oc2nccc3cc(OC)ccc23)CN1C(=O)[C@@H](CC(=O)OC(C)(C)C)CC(=O)C(=C)C)C(=O)NS(=O)(=O)C1CC1. The van der Waals surface area contributed by atoms with Crippen LogP contribution in [0.3, 0.4) is 0 Å². The van der Waals surface area contributed by atoms with Gasteiger partial charge in [-0.25, -0.2) is 40.2 Å². The third-order valence-electron chi connectivity index (χ3n) is 28.0. The molecule has 146 heavy (non-hydrogen) atoms. The summed E-state index contributed by atoms with van der Waals surface area (Å²) >= 11 is 0. The van der Waals surface area contributed by atoms with Gasteiger partial charge in [0.2, 0.25) is 95.0 Å². The maximum atomic E-state index is 14.4. The van der Waals surface area contributed by atoms with Gasteiger partial charge in [-0.2, -0.15) is 0 Å². The third kappa shape index (κ3) is 25.4. The van der Waals surface area contributed by atoms with Gasteiger partial charge >= 0.3 is 5.97 Å².